The third-order valence-corrected chi connectivity index (χ3v) is 7.32. The smallest absolute Gasteiger partial charge is 0.242 e. The van der Waals surface area contributed by atoms with Crippen LogP contribution in [0.3, 0.4) is 0 Å². The first-order valence-corrected chi connectivity index (χ1v) is 11.3. The summed E-state index contributed by atoms with van der Waals surface area (Å²) in [5.74, 6) is -0.593. The molecule has 30 heavy (non-hydrogen) atoms. The van der Waals surface area contributed by atoms with E-state index < -0.39 is 10.0 Å². The van der Waals surface area contributed by atoms with Crippen molar-refractivity contribution in [1.82, 2.24) is 4.31 Å². The minimum absolute atomic E-state index is 0.0763. The molecule has 0 fully saturated rings. The minimum Gasteiger partial charge on any atom is -0.326 e. The molecule has 1 atom stereocenters. The highest BCUT2D eigenvalue weighted by Crippen LogP contribution is 2.29. The quantitative estimate of drug-likeness (QED) is 0.738. The number of hydrogen-bond acceptors (Lipinski definition) is 4. The van der Waals surface area contributed by atoms with E-state index in [1.165, 1.54) is 20.2 Å². The highest BCUT2D eigenvalue weighted by molar-refractivity contribution is 7.89. The van der Waals surface area contributed by atoms with Gasteiger partial charge in [-0.25, -0.2) is 12.7 Å². The molecule has 160 valence electrons. The van der Waals surface area contributed by atoms with Crippen molar-refractivity contribution < 1.29 is 18.0 Å². The van der Waals surface area contributed by atoms with Gasteiger partial charge in [0.25, 0.3) is 0 Å². The second-order valence-corrected chi connectivity index (χ2v) is 9.99. The molecule has 7 nitrogen and oxygen atoms in total. The number of nitrogens with one attached hydrogen (secondary N) is 2. The lowest BCUT2D eigenvalue weighted by molar-refractivity contribution is -0.121. The molecule has 3 rings (SSSR count). The van der Waals surface area contributed by atoms with Crippen LogP contribution >= 0.6 is 0 Å². The number of anilines is 2. The molecule has 0 saturated carbocycles. The molecule has 0 radical (unpaired) electrons. The monoisotopic (exact) mass is 429 g/mol. The van der Waals surface area contributed by atoms with Gasteiger partial charge >= 0.3 is 0 Å². The fraction of sp³-hybridized carbons (Fsp3) is 0.364. The molecule has 2 aromatic rings. The Morgan fingerprint density at radius 1 is 1.20 bits per heavy atom. The lowest BCUT2D eigenvalue weighted by Gasteiger charge is -2.24. The Kier molecular flexibility index (Phi) is 6.28. The molecule has 2 aromatic carbocycles. The van der Waals surface area contributed by atoms with Crippen LogP contribution in [0, 0.1) is 19.8 Å². The van der Waals surface area contributed by atoms with Crippen molar-refractivity contribution in [3.8, 4) is 0 Å². The minimum atomic E-state index is -3.61. The Morgan fingerprint density at radius 2 is 1.90 bits per heavy atom. The summed E-state index contributed by atoms with van der Waals surface area (Å²) in [5, 5.41) is 5.72. The molecule has 2 N–H and O–H groups in total. The zero-order valence-electron chi connectivity index (χ0n) is 17.7. The van der Waals surface area contributed by atoms with Crippen LogP contribution in [0.15, 0.2) is 41.3 Å². The molecule has 8 heteroatoms. The number of carbonyl (C=O) groups is 2. The van der Waals surface area contributed by atoms with Crippen molar-refractivity contribution in [3.05, 3.63) is 53.1 Å². The Morgan fingerprint density at radius 3 is 2.60 bits per heavy atom. The molecule has 1 unspecified atom stereocenters. The molecule has 1 aliphatic rings. The van der Waals surface area contributed by atoms with Gasteiger partial charge in [0.15, 0.2) is 0 Å². The summed E-state index contributed by atoms with van der Waals surface area (Å²) in [6, 6.07) is 10.7. The predicted octanol–water partition coefficient (Wildman–Crippen LogP) is 3.08. The van der Waals surface area contributed by atoms with E-state index in [9.17, 15) is 18.0 Å². The summed E-state index contributed by atoms with van der Waals surface area (Å²) in [5.41, 5.74) is 3.95. The molecule has 0 bridgehead atoms. The van der Waals surface area contributed by atoms with Crippen LogP contribution in [0.2, 0.25) is 0 Å². The predicted molar refractivity (Wildman–Crippen MR) is 117 cm³/mol. The summed E-state index contributed by atoms with van der Waals surface area (Å²) >= 11 is 0. The van der Waals surface area contributed by atoms with Crippen molar-refractivity contribution in [2.75, 3.05) is 24.7 Å². The molecule has 0 aliphatic carbocycles. The van der Waals surface area contributed by atoms with Crippen LogP contribution < -0.4 is 10.6 Å². The van der Waals surface area contributed by atoms with Crippen molar-refractivity contribution in [3.63, 3.8) is 0 Å². The van der Waals surface area contributed by atoms with Crippen LogP contribution in [0.1, 0.15) is 29.5 Å². The number of nitrogens with zero attached hydrogens (tertiary/aromatic N) is 1. The maximum atomic E-state index is 12.6. The van der Waals surface area contributed by atoms with Gasteiger partial charge in [-0.05, 0) is 61.6 Å². The Labute approximate surface area is 177 Å². The van der Waals surface area contributed by atoms with E-state index in [1.807, 2.05) is 38.1 Å². The van der Waals surface area contributed by atoms with Crippen molar-refractivity contribution in [2.24, 2.45) is 5.92 Å². The van der Waals surface area contributed by atoms with Crippen LogP contribution in [0.5, 0.6) is 0 Å². The first-order valence-electron chi connectivity index (χ1n) is 9.82. The highest BCUT2D eigenvalue weighted by Gasteiger charge is 2.26. The molecular weight excluding hydrogens is 402 g/mol. The molecule has 2 amide bonds. The zero-order chi connectivity index (χ0) is 22.1. The average molecular weight is 430 g/mol. The zero-order valence-corrected chi connectivity index (χ0v) is 18.5. The summed E-state index contributed by atoms with van der Waals surface area (Å²) < 4.78 is 26.1. The lowest BCUT2D eigenvalue weighted by Crippen LogP contribution is -2.30. The maximum Gasteiger partial charge on any atom is 0.242 e. The third kappa shape index (κ3) is 4.55. The molecule has 1 heterocycles. The van der Waals surface area contributed by atoms with Gasteiger partial charge < -0.3 is 10.6 Å². The van der Waals surface area contributed by atoms with E-state index in [1.54, 1.807) is 6.07 Å². The van der Waals surface area contributed by atoms with Crippen LogP contribution in [-0.2, 0) is 26.0 Å². The number of hydrogen-bond donors (Lipinski definition) is 2. The second kappa shape index (κ2) is 8.57. The molecule has 0 aromatic heterocycles. The molecular formula is C22H27N3O4S. The van der Waals surface area contributed by atoms with Crippen LogP contribution in [0.25, 0.3) is 0 Å². The van der Waals surface area contributed by atoms with E-state index >= 15 is 0 Å². The summed E-state index contributed by atoms with van der Waals surface area (Å²) in [6.45, 7) is 3.64. The number of carbonyl (C=O) groups excluding carboxylic acids is 2. The van der Waals surface area contributed by atoms with Gasteiger partial charge in [-0.1, -0.05) is 18.2 Å². The normalized spacial score (nSPS) is 16.2. The first kappa shape index (κ1) is 22.0. The first-order chi connectivity index (χ1) is 14.1. The molecule has 0 saturated heterocycles. The van der Waals surface area contributed by atoms with Crippen molar-refractivity contribution in [1.29, 1.82) is 0 Å². The van der Waals surface area contributed by atoms with Gasteiger partial charge in [0, 0.05) is 37.8 Å². The SMILES string of the molecule is Cc1cc(S(=O)(=O)N(C)C)cc(NC(=O)CCC2Cc3ccccc3NC2=O)c1C. The van der Waals surface area contributed by atoms with E-state index in [0.29, 0.717) is 18.5 Å². The summed E-state index contributed by atoms with van der Waals surface area (Å²) in [7, 11) is -0.674. The fourth-order valence-corrected chi connectivity index (χ4v) is 4.49. The largest absolute Gasteiger partial charge is 0.326 e. The number of aryl methyl sites for hydroxylation is 1. The van der Waals surface area contributed by atoms with Crippen molar-refractivity contribution in [2.45, 2.75) is 38.0 Å². The summed E-state index contributed by atoms with van der Waals surface area (Å²) in [6.07, 6.45) is 1.19. The maximum absolute atomic E-state index is 12.6. The van der Waals surface area contributed by atoms with Gasteiger partial charge in [0.05, 0.1) is 4.90 Å². The topological polar surface area (TPSA) is 95.6 Å². The lowest BCUT2D eigenvalue weighted by atomic mass is 9.89. The van der Waals surface area contributed by atoms with Crippen LogP contribution in [0.4, 0.5) is 11.4 Å². The number of para-hydroxylation sites is 1. The van der Waals surface area contributed by atoms with Crippen molar-refractivity contribution >= 4 is 33.2 Å². The van der Waals surface area contributed by atoms with Gasteiger partial charge in [0.2, 0.25) is 21.8 Å². The Balaban J connectivity index is 1.70. The number of rotatable bonds is 6. The summed E-state index contributed by atoms with van der Waals surface area (Å²) in [4.78, 5) is 25.0. The van der Waals surface area contributed by atoms with E-state index in [0.717, 1.165) is 26.7 Å². The van der Waals surface area contributed by atoms with E-state index in [4.69, 9.17) is 0 Å². The van der Waals surface area contributed by atoms with Gasteiger partial charge in [-0.2, -0.15) is 0 Å². The second-order valence-electron chi connectivity index (χ2n) is 7.83. The fourth-order valence-electron chi connectivity index (χ4n) is 3.48. The number of amides is 2. The Hall–Kier alpha value is -2.71. The standard InChI is InChI=1S/C22H27N3O4S/c1-14-11-18(30(28,29)25(3)4)13-20(15(14)2)23-21(26)10-9-17-12-16-7-5-6-8-19(16)24-22(17)27/h5-8,11,13,17H,9-10,12H2,1-4H3,(H,23,26)(H,24,27). The number of benzene rings is 2. The number of fused-ring (bicyclic) bond motifs is 1. The third-order valence-electron chi connectivity index (χ3n) is 5.53. The van der Waals surface area contributed by atoms with Gasteiger partial charge in [0.1, 0.15) is 0 Å². The Bertz CT molecular complexity index is 1090. The molecule has 1 aliphatic heterocycles. The van der Waals surface area contributed by atoms with Gasteiger partial charge in [-0.3, -0.25) is 9.59 Å². The molecule has 0 spiro atoms. The van der Waals surface area contributed by atoms with E-state index in [2.05, 4.69) is 10.6 Å². The number of sulfonamides is 1. The van der Waals surface area contributed by atoms with Crippen LogP contribution in [-0.4, -0.2) is 38.6 Å². The van der Waals surface area contributed by atoms with E-state index in [-0.39, 0.29) is 29.0 Å². The average Bonchev–Trinajstić information content (AvgIpc) is 2.69. The highest BCUT2D eigenvalue weighted by atomic mass is 32.2. The van der Waals surface area contributed by atoms with Gasteiger partial charge in [-0.15, -0.1) is 0 Å².